The Kier molecular flexibility index (Phi) is 2.78. The molecule has 3 nitrogen and oxygen atoms in total. The van der Waals surface area contributed by atoms with Gasteiger partial charge in [-0.05, 0) is 36.8 Å². The van der Waals surface area contributed by atoms with Crippen molar-refractivity contribution in [3.8, 4) is 11.3 Å². The van der Waals surface area contributed by atoms with Crippen LogP contribution in [0.1, 0.15) is 5.56 Å². The molecule has 5 heteroatoms. The van der Waals surface area contributed by atoms with E-state index in [1.54, 1.807) is 16.5 Å². The molecule has 2 aromatic heterocycles. The first-order chi connectivity index (χ1) is 9.08. The number of imidazole rings is 1. The Balaban J connectivity index is 2.31. The molecule has 1 aromatic carbocycles. The molecule has 0 atom stereocenters. The van der Waals surface area contributed by atoms with Crippen molar-refractivity contribution < 1.29 is 4.39 Å². The molecule has 19 heavy (non-hydrogen) atoms. The minimum Gasteiger partial charge on any atom is -0.383 e. The number of aryl methyl sites for hydroxylation is 1. The quantitative estimate of drug-likeness (QED) is 0.741. The third-order valence-electron chi connectivity index (χ3n) is 3.07. The number of pyridine rings is 1. The number of halogens is 2. The Morgan fingerprint density at radius 1 is 1.32 bits per heavy atom. The molecule has 96 valence electrons. The third kappa shape index (κ3) is 1.90. The maximum Gasteiger partial charge on any atom is 0.142 e. The standard InChI is InChI=1S/C14H11BrFN3/c1-8-3-2-6-19-13(17)12(18-14(8)19)10-5-4-9(15)7-11(10)16/h2-7H,17H2,1H3. The van der Waals surface area contributed by atoms with Crippen LogP contribution in [0.3, 0.4) is 0 Å². The van der Waals surface area contributed by atoms with Crippen molar-refractivity contribution >= 4 is 27.4 Å². The van der Waals surface area contributed by atoms with E-state index in [0.29, 0.717) is 21.5 Å². The van der Waals surface area contributed by atoms with E-state index in [2.05, 4.69) is 20.9 Å². The van der Waals surface area contributed by atoms with E-state index in [4.69, 9.17) is 5.73 Å². The van der Waals surface area contributed by atoms with Crippen molar-refractivity contribution in [2.75, 3.05) is 5.73 Å². The Bertz CT molecular complexity index is 780. The first-order valence-electron chi connectivity index (χ1n) is 5.76. The second-order valence-corrected chi connectivity index (χ2v) is 5.27. The number of benzene rings is 1. The lowest BCUT2D eigenvalue weighted by Crippen LogP contribution is -1.95. The molecule has 3 aromatic rings. The van der Waals surface area contributed by atoms with Gasteiger partial charge in [-0.15, -0.1) is 0 Å². The van der Waals surface area contributed by atoms with E-state index in [0.717, 1.165) is 11.2 Å². The fraction of sp³-hybridized carbons (Fsp3) is 0.0714. The predicted octanol–water partition coefficient (Wildman–Crippen LogP) is 3.79. The fourth-order valence-electron chi connectivity index (χ4n) is 2.10. The number of anilines is 1. The van der Waals surface area contributed by atoms with Gasteiger partial charge in [-0.25, -0.2) is 9.37 Å². The Morgan fingerprint density at radius 3 is 2.79 bits per heavy atom. The average Bonchev–Trinajstić information content (AvgIpc) is 2.69. The van der Waals surface area contributed by atoms with E-state index in [-0.39, 0.29) is 5.82 Å². The molecular weight excluding hydrogens is 309 g/mol. The van der Waals surface area contributed by atoms with Crippen molar-refractivity contribution in [2.45, 2.75) is 6.92 Å². The monoisotopic (exact) mass is 319 g/mol. The van der Waals surface area contributed by atoms with E-state index >= 15 is 0 Å². The van der Waals surface area contributed by atoms with Crippen LogP contribution in [0, 0.1) is 12.7 Å². The summed E-state index contributed by atoms with van der Waals surface area (Å²) < 4.78 is 16.5. The van der Waals surface area contributed by atoms with Gasteiger partial charge >= 0.3 is 0 Å². The van der Waals surface area contributed by atoms with E-state index < -0.39 is 0 Å². The molecule has 0 aliphatic rings. The van der Waals surface area contributed by atoms with Gasteiger partial charge in [0.05, 0.1) is 0 Å². The van der Waals surface area contributed by atoms with E-state index in [1.165, 1.54) is 6.07 Å². The van der Waals surface area contributed by atoms with Crippen LogP contribution in [0.15, 0.2) is 41.0 Å². The number of rotatable bonds is 1. The van der Waals surface area contributed by atoms with Gasteiger partial charge in [-0.1, -0.05) is 22.0 Å². The van der Waals surface area contributed by atoms with Crippen LogP contribution >= 0.6 is 15.9 Å². The van der Waals surface area contributed by atoms with Crippen LogP contribution < -0.4 is 5.73 Å². The molecule has 2 heterocycles. The molecule has 0 spiro atoms. The van der Waals surface area contributed by atoms with Gasteiger partial charge in [0, 0.05) is 16.2 Å². The number of nitrogens with two attached hydrogens (primary N) is 1. The van der Waals surface area contributed by atoms with Crippen LogP contribution in [0.2, 0.25) is 0 Å². The summed E-state index contributed by atoms with van der Waals surface area (Å²) in [5.41, 5.74) is 8.69. The molecule has 3 rings (SSSR count). The summed E-state index contributed by atoms with van der Waals surface area (Å²) in [6.45, 7) is 1.95. The lowest BCUT2D eigenvalue weighted by atomic mass is 10.1. The zero-order valence-electron chi connectivity index (χ0n) is 10.2. The van der Waals surface area contributed by atoms with Gasteiger partial charge in [0.25, 0.3) is 0 Å². The maximum absolute atomic E-state index is 14.0. The van der Waals surface area contributed by atoms with Crippen LogP contribution in [0.4, 0.5) is 10.2 Å². The highest BCUT2D eigenvalue weighted by Crippen LogP contribution is 2.30. The van der Waals surface area contributed by atoms with Crippen molar-refractivity contribution in [2.24, 2.45) is 0 Å². The largest absolute Gasteiger partial charge is 0.383 e. The summed E-state index contributed by atoms with van der Waals surface area (Å²) in [7, 11) is 0. The Hall–Kier alpha value is -1.88. The smallest absolute Gasteiger partial charge is 0.142 e. The predicted molar refractivity (Wildman–Crippen MR) is 77.4 cm³/mol. The number of hydrogen-bond acceptors (Lipinski definition) is 2. The number of fused-ring (bicyclic) bond motifs is 1. The molecule has 0 fully saturated rings. The normalized spacial score (nSPS) is 11.1. The SMILES string of the molecule is Cc1cccn2c(N)c(-c3ccc(Br)cc3F)nc12. The van der Waals surface area contributed by atoms with Gasteiger partial charge in [0.2, 0.25) is 0 Å². The molecule has 2 N–H and O–H groups in total. The summed E-state index contributed by atoms with van der Waals surface area (Å²) in [5, 5.41) is 0. The maximum atomic E-state index is 14.0. The zero-order chi connectivity index (χ0) is 13.6. The van der Waals surface area contributed by atoms with Crippen LogP contribution in [-0.4, -0.2) is 9.38 Å². The first kappa shape index (κ1) is 12.2. The van der Waals surface area contributed by atoms with Gasteiger partial charge in [-0.3, -0.25) is 4.40 Å². The molecule has 0 aliphatic carbocycles. The topological polar surface area (TPSA) is 43.3 Å². The lowest BCUT2D eigenvalue weighted by Gasteiger charge is -2.01. The minimum absolute atomic E-state index is 0.345. The van der Waals surface area contributed by atoms with Crippen molar-refractivity contribution in [3.63, 3.8) is 0 Å². The van der Waals surface area contributed by atoms with Crippen molar-refractivity contribution in [3.05, 3.63) is 52.4 Å². The van der Waals surface area contributed by atoms with Gasteiger partial charge in [-0.2, -0.15) is 0 Å². The highest BCUT2D eigenvalue weighted by atomic mass is 79.9. The fourth-order valence-corrected chi connectivity index (χ4v) is 2.44. The molecule has 0 amide bonds. The van der Waals surface area contributed by atoms with E-state index in [9.17, 15) is 4.39 Å². The van der Waals surface area contributed by atoms with E-state index in [1.807, 2.05) is 25.3 Å². The second-order valence-electron chi connectivity index (χ2n) is 4.35. The number of hydrogen-bond donors (Lipinski definition) is 1. The molecule has 0 aliphatic heterocycles. The summed E-state index contributed by atoms with van der Waals surface area (Å²) in [5.74, 6) is 0.0991. The number of nitrogen functional groups attached to an aromatic ring is 1. The Morgan fingerprint density at radius 2 is 2.11 bits per heavy atom. The Labute approximate surface area is 118 Å². The molecule has 0 saturated carbocycles. The third-order valence-corrected chi connectivity index (χ3v) is 3.56. The zero-order valence-corrected chi connectivity index (χ0v) is 11.8. The molecule has 0 bridgehead atoms. The minimum atomic E-state index is -0.345. The summed E-state index contributed by atoms with van der Waals surface area (Å²) >= 11 is 3.24. The van der Waals surface area contributed by atoms with Crippen LogP contribution in [0.25, 0.3) is 16.9 Å². The highest BCUT2D eigenvalue weighted by Gasteiger charge is 2.15. The summed E-state index contributed by atoms with van der Waals surface area (Å²) in [4.78, 5) is 4.46. The molecular formula is C14H11BrFN3. The van der Waals surface area contributed by atoms with Crippen molar-refractivity contribution in [1.82, 2.24) is 9.38 Å². The van der Waals surface area contributed by atoms with Gasteiger partial charge in [0.15, 0.2) is 0 Å². The molecule has 0 saturated heterocycles. The number of nitrogens with zero attached hydrogens (tertiary/aromatic N) is 2. The molecule has 0 radical (unpaired) electrons. The summed E-state index contributed by atoms with van der Waals surface area (Å²) in [6.07, 6.45) is 1.82. The van der Waals surface area contributed by atoms with Gasteiger partial charge < -0.3 is 5.73 Å². The second kappa shape index (κ2) is 4.35. The number of aromatic nitrogens is 2. The summed E-state index contributed by atoms with van der Waals surface area (Å²) in [6, 6.07) is 8.69. The lowest BCUT2D eigenvalue weighted by molar-refractivity contribution is 0.630. The first-order valence-corrected chi connectivity index (χ1v) is 6.56. The molecule has 0 unspecified atom stereocenters. The van der Waals surface area contributed by atoms with Crippen LogP contribution in [-0.2, 0) is 0 Å². The van der Waals surface area contributed by atoms with Crippen molar-refractivity contribution in [1.29, 1.82) is 0 Å². The highest BCUT2D eigenvalue weighted by molar-refractivity contribution is 9.10. The van der Waals surface area contributed by atoms with Crippen LogP contribution in [0.5, 0.6) is 0 Å². The average molecular weight is 320 g/mol. The van der Waals surface area contributed by atoms with Gasteiger partial charge in [0.1, 0.15) is 23.0 Å².